The zero-order valence-corrected chi connectivity index (χ0v) is 81.2. The van der Waals surface area contributed by atoms with Crippen LogP contribution in [-0.4, -0.2) is 204 Å². The van der Waals surface area contributed by atoms with Crippen LogP contribution in [-0.2, 0) is 94.0 Å². The number of aromatic nitrogens is 10. The van der Waals surface area contributed by atoms with E-state index < -0.39 is 44.4 Å². The second-order valence-corrected chi connectivity index (χ2v) is 35.5. The molecule has 0 bridgehead atoms. The number of methoxy groups -OCH3 is 8. The number of phenols is 4. The van der Waals surface area contributed by atoms with Gasteiger partial charge in [-0.1, -0.05) is 36.4 Å². The highest BCUT2D eigenvalue weighted by Crippen LogP contribution is 2.55. The molecular formula is C103H133N15O20. The largest absolute Gasteiger partial charge is 0.504 e. The molecule has 12 N–H and O–H groups in total. The number of phenolic OH excluding ortho intramolecular Hbond substituents is 4. The third-order valence-corrected chi connectivity index (χ3v) is 26.5. The molecule has 0 unspecified atom stereocenters. The van der Waals surface area contributed by atoms with Crippen LogP contribution in [0, 0.1) is 34.6 Å². The number of benzene rings is 6. The lowest BCUT2D eigenvalue weighted by Crippen LogP contribution is -2.35. The van der Waals surface area contributed by atoms with Crippen LogP contribution < -0.4 is 64.9 Å². The van der Waals surface area contributed by atoms with Crippen molar-refractivity contribution in [1.29, 1.82) is 0 Å². The molecule has 0 spiro atoms. The maximum Gasteiger partial charge on any atom is 0.314 e. The number of hydrogen-bond donors (Lipinski definition) is 11. The Balaban J connectivity index is 0.000000157. The van der Waals surface area contributed by atoms with Crippen LogP contribution in [0.2, 0.25) is 0 Å². The number of aliphatic carboxylic acids is 2. The number of carbonyl (C=O) groups excluding carboxylic acids is 4. The molecule has 4 amide bonds. The molecule has 11 aromatic rings. The lowest BCUT2D eigenvalue weighted by Gasteiger charge is -2.18. The topological polar surface area (TPSA) is 461 Å². The van der Waals surface area contributed by atoms with Crippen LogP contribution >= 0.6 is 0 Å². The summed E-state index contributed by atoms with van der Waals surface area (Å²) in [5.41, 5.74) is 12.9. The lowest BCUT2D eigenvalue weighted by molar-refractivity contribution is -0.141. The van der Waals surface area contributed by atoms with E-state index in [1.54, 1.807) is 89.4 Å². The van der Waals surface area contributed by atoms with Gasteiger partial charge in [-0.05, 0) is 256 Å². The van der Waals surface area contributed by atoms with Gasteiger partial charge >= 0.3 is 11.9 Å². The minimum Gasteiger partial charge on any atom is -0.504 e. The zero-order valence-electron chi connectivity index (χ0n) is 81.2. The van der Waals surface area contributed by atoms with E-state index in [1.165, 1.54) is 46.3 Å². The lowest BCUT2D eigenvalue weighted by atomic mass is 9.94. The molecular weight excluding hydrogens is 1770 g/mol. The maximum atomic E-state index is 12.7. The molecule has 6 saturated carbocycles. The Morgan fingerprint density at radius 3 is 0.710 bits per heavy atom. The number of rotatable bonds is 39. The molecule has 35 nitrogen and oxygen atoms in total. The number of nitrogens with two attached hydrogens (primary N) is 1. The molecule has 740 valence electrons. The van der Waals surface area contributed by atoms with Gasteiger partial charge in [-0.2, -0.15) is 0 Å². The number of nitrogens with one attached hydrogen (secondary N) is 4. The number of aromatic hydroxyl groups is 4. The zero-order chi connectivity index (χ0) is 99.5. The Labute approximate surface area is 804 Å². The average molecular weight is 1900 g/mol. The third kappa shape index (κ3) is 25.5. The summed E-state index contributed by atoms with van der Waals surface area (Å²) in [7, 11) is 12.4. The molecule has 138 heavy (non-hydrogen) atoms. The fourth-order valence-electron chi connectivity index (χ4n) is 16.6. The van der Waals surface area contributed by atoms with Gasteiger partial charge in [0.2, 0.25) is 23.6 Å². The van der Waals surface area contributed by atoms with Crippen LogP contribution in [0.25, 0.3) is 0 Å². The molecule has 0 atom stereocenters. The SMILES string of the molecule is COc1cc(C2(C(=O)NCCCn3cncc3C)CC2)ccc1O.COc1cc(C2(C(=O)NCCCn3cncc3C)CC2)ccc1O[11CH3].COc1cc(C2(C(=O)O)CC2)ccc1O.COc1ccc(C2(C(=O)NCCCn3cncc3C)CC2)cc1O.COc1ccc(C2(C(=O)NCCCn3cncc3C)CC2)cc1O[11CH3].COc1ccc(C2(C(=O)O)CC2)cc1O.Cc1cncn1CCCN. The second-order valence-electron chi connectivity index (χ2n) is 35.5. The fraction of sp³-hybridized carbons (Fsp3) is 0.447. The third-order valence-electron chi connectivity index (χ3n) is 26.5. The fourth-order valence-corrected chi connectivity index (χ4v) is 16.6. The van der Waals surface area contributed by atoms with Crippen LogP contribution in [0.1, 0.15) is 171 Å². The summed E-state index contributed by atoms with van der Waals surface area (Å²) >= 11 is 0. The van der Waals surface area contributed by atoms with E-state index in [0.29, 0.717) is 109 Å². The highest BCUT2D eigenvalue weighted by Gasteiger charge is 2.56. The molecule has 5 heterocycles. The summed E-state index contributed by atoms with van der Waals surface area (Å²) in [6, 6.07) is 31.3. The number of amides is 4. The first-order valence-corrected chi connectivity index (χ1v) is 46.5. The van der Waals surface area contributed by atoms with Crippen molar-refractivity contribution in [2.75, 3.05) is 89.6 Å². The molecule has 6 fully saturated rings. The van der Waals surface area contributed by atoms with Crippen LogP contribution in [0.5, 0.6) is 69.0 Å². The number of carboxylic acids is 2. The van der Waals surface area contributed by atoms with E-state index in [1.807, 2.05) is 133 Å². The monoisotopic (exact) mass is 1900 g/mol. The second kappa shape index (κ2) is 47.5. The molecule has 6 aromatic carbocycles. The molecule has 35 heteroatoms. The van der Waals surface area contributed by atoms with Crippen molar-refractivity contribution in [1.82, 2.24) is 69.0 Å². The van der Waals surface area contributed by atoms with E-state index in [0.717, 1.165) is 168 Å². The van der Waals surface area contributed by atoms with E-state index in [2.05, 4.69) is 69.0 Å². The van der Waals surface area contributed by atoms with Gasteiger partial charge in [0.1, 0.15) is 0 Å². The number of hydrogen-bond acceptors (Lipinski definition) is 24. The summed E-state index contributed by atoms with van der Waals surface area (Å²) in [5, 5.41) is 69.0. The highest BCUT2D eigenvalue weighted by atomic mass is 16.5. The van der Waals surface area contributed by atoms with E-state index >= 15 is 0 Å². The van der Waals surface area contributed by atoms with Crippen molar-refractivity contribution < 1.29 is 97.3 Å². The first-order valence-electron chi connectivity index (χ1n) is 46.5. The van der Waals surface area contributed by atoms with Gasteiger partial charge in [-0.25, -0.2) is 24.9 Å². The van der Waals surface area contributed by atoms with Gasteiger partial charge in [-0.15, -0.1) is 0 Å². The normalized spacial score (nSPS) is 15.1. The predicted molar refractivity (Wildman–Crippen MR) is 517 cm³/mol. The minimum absolute atomic E-state index is 0.0116. The number of carbonyl (C=O) groups is 6. The van der Waals surface area contributed by atoms with Crippen molar-refractivity contribution >= 4 is 35.6 Å². The van der Waals surface area contributed by atoms with E-state index in [9.17, 15) is 49.2 Å². The van der Waals surface area contributed by atoms with Crippen LogP contribution in [0.4, 0.5) is 0 Å². The molecule has 0 radical (unpaired) electrons. The summed E-state index contributed by atoms with van der Waals surface area (Å²) in [6.07, 6.45) is 32.1. The number of carboxylic acid groups (broad SMARTS) is 2. The summed E-state index contributed by atoms with van der Waals surface area (Å²) in [4.78, 5) is 93.1. The summed E-state index contributed by atoms with van der Waals surface area (Å²) in [5.74, 6) is 3.02. The van der Waals surface area contributed by atoms with E-state index in [-0.39, 0.29) is 46.6 Å². The number of nitrogens with zero attached hydrogens (tertiary/aromatic N) is 10. The minimum atomic E-state index is -0.827. The van der Waals surface area contributed by atoms with Gasteiger partial charge in [0, 0.05) is 118 Å². The Kier molecular flexibility index (Phi) is 35.9. The van der Waals surface area contributed by atoms with E-state index in [4.69, 9.17) is 53.8 Å². The van der Waals surface area contributed by atoms with Crippen molar-refractivity contribution in [3.05, 3.63) is 234 Å². The summed E-state index contributed by atoms with van der Waals surface area (Å²) in [6.45, 7) is 17.8. The van der Waals surface area contributed by atoms with Crippen molar-refractivity contribution in [2.45, 2.75) is 209 Å². The molecule has 6 aliphatic rings. The van der Waals surface area contributed by atoms with Crippen molar-refractivity contribution in [3.63, 3.8) is 0 Å². The molecule has 0 aliphatic heterocycles. The molecule has 17 rings (SSSR count). The number of aryl methyl sites for hydroxylation is 10. The molecule has 5 aromatic heterocycles. The highest BCUT2D eigenvalue weighted by molar-refractivity contribution is 5.94. The van der Waals surface area contributed by atoms with Gasteiger partial charge in [0.05, 0.1) is 121 Å². The van der Waals surface area contributed by atoms with Gasteiger partial charge in [0.25, 0.3) is 0 Å². The van der Waals surface area contributed by atoms with Crippen LogP contribution in [0.15, 0.2) is 172 Å². The Morgan fingerprint density at radius 2 is 0.500 bits per heavy atom. The standard InChI is InChI=1S/2C19H25N3O3.2C18H23N3O3.2C11H12O4.C7H13N3/c2*1-14-12-20-13-22(14)10-4-9-21-18(23)19(7-8-19)15-5-6-16(24-2)17(11-15)25-3;1-13-11-19-12-21(13)9-3-8-20-17(23)18(6-7-18)14-4-5-16(24-2)15(22)10-14;1-13-11-19-12-21(13)9-3-8-20-17(23)18(6-7-18)14-4-5-15(22)16(10-14)24-2;1-15-9-3-2-7(6-8(9)12)11(4-5-11)10(13)14;1-15-9-6-7(2-3-8(9)12)11(4-5-11)10(13)14;1-7-5-9-6-10(7)4-2-3-8/h2*5-6,11-13H,4,7-10H2,1-3H3,(H,21,23);2*4-5,10-12,22H,3,6-9H2,1-2H3,(H,20,23);2*2-3,6,12H,4-5H2,1H3,(H,13,14);5-6H,2-4,8H2,1H3/i3-1;2-1;;;;;. The number of imidazole rings is 5. The number of ether oxygens (including phenoxy) is 8. The quantitative estimate of drug-likeness (QED) is 0.0159. The first-order chi connectivity index (χ1) is 66.4. The molecule has 6 aliphatic carbocycles. The Morgan fingerprint density at radius 1 is 0.290 bits per heavy atom. The summed E-state index contributed by atoms with van der Waals surface area (Å²) < 4.78 is 51.8. The van der Waals surface area contributed by atoms with Crippen molar-refractivity contribution in [3.8, 4) is 69.0 Å². The Hall–Kier alpha value is -14.3. The predicted octanol–water partition coefficient (Wildman–Crippen LogP) is 12.8. The smallest absolute Gasteiger partial charge is 0.314 e. The maximum absolute atomic E-state index is 12.7. The molecule has 0 saturated heterocycles. The van der Waals surface area contributed by atoms with Gasteiger partial charge in [0.15, 0.2) is 69.0 Å². The van der Waals surface area contributed by atoms with Crippen molar-refractivity contribution in [2.24, 2.45) is 5.73 Å². The average Bonchev–Trinajstić information content (AvgIpc) is 1.60. The van der Waals surface area contributed by atoms with Crippen LogP contribution in [0.3, 0.4) is 0 Å². The van der Waals surface area contributed by atoms with Gasteiger partial charge in [-0.3, -0.25) is 28.8 Å². The first kappa shape index (κ1) is 104. The Bertz CT molecular complexity index is 5800. The van der Waals surface area contributed by atoms with Gasteiger partial charge < -0.3 is 118 Å².